The van der Waals surface area contributed by atoms with E-state index in [1.165, 1.54) is 7.11 Å². The van der Waals surface area contributed by atoms with Crippen LogP contribution in [-0.4, -0.2) is 31.7 Å². The summed E-state index contributed by atoms with van der Waals surface area (Å²) in [6, 6.07) is 7.06. The van der Waals surface area contributed by atoms with Crippen LogP contribution in [0.4, 0.5) is 0 Å². The van der Waals surface area contributed by atoms with Gasteiger partial charge in [0.15, 0.2) is 0 Å². The highest BCUT2D eigenvalue weighted by atomic mass is 16.8. The van der Waals surface area contributed by atoms with Crippen molar-refractivity contribution in [3.05, 3.63) is 35.4 Å². The molecule has 1 aromatic carbocycles. The van der Waals surface area contributed by atoms with Crippen molar-refractivity contribution in [1.82, 2.24) is 0 Å². The van der Waals surface area contributed by atoms with E-state index in [1.807, 2.05) is 19.1 Å². The standard InChI is InChI=1S/C13H15NO4/c1-3-17-12-8-11(14-18-12)9-4-6-10(7-5-9)13(15)16-2/h4-7,12H,3,8H2,1-2H3. The molecule has 1 unspecified atom stereocenters. The molecular formula is C13H15NO4. The average Bonchev–Trinajstić information content (AvgIpc) is 2.87. The molecule has 1 heterocycles. The molecule has 0 saturated carbocycles. The summed E-state index contributed by atoms with van der Waals surface area (Å²) in [6.45, 7) is 2.50. The Kier molecular flexibility index (Phi) is 3.94. The topological polar surface area (TPSA) is 57.1 Å². The molecule has 96 valence electrons. The van der Waals surface area contributed by atoms with Gasteiger partial charge in [0, 0.05) is 6.61 Å². The van der Waals surface area contributed by atoms with Gasteiger partial charge in [0.2, 0.25) is 6.29 Å². The quantitative estimate of drug-likeness (QED) is 0.765. The average molecular weight is 249 g/mol. The molecule has 0 spiro atoms. The maximum absolute atomic E-state index is 11.3. The highest BCUT2D eigenvalue weighted by molar-refractivity contribution is 6.01. The number of rotatable bonds is 4. The molecule has 0 bridgehead atoms. The van der Waals surface area contributed by atoms with Crippen LogP contribution in [0, 0.1) is 0 Å². The van der Waals surface area contributed by atoms with E-state index in [9.17, 15) is 4.79 Å². The van der Waals surface area contributed by atoms with Crippen LogP contribution in [0.15, 0.2) is 29.4 Å². The van der Waals surface area contributed by atoms with Crippen molar-refractivity contribution >= 4 is 11.7 Å². The van der Waals surface area contributed by atoms with Gasteiger partial charge in [-0.05, 0) is 24.6 Å². The molecule has 0 N–H and O–H groups in total. The molecule has 1 aliphatic heterocycles. The van der Waals surface area contributed by atoms with E-state index in [1.54, 1.807) is 12.1 Å². The van der Waals surface area contributed by atoms with E-state index < -0.39 is 0 Å². The molecule has 5 heteroatoms. The number of nitrogens with zero attached hydrogens (tertiary/aromatic N) is 1. The zero-order chi connectivity index (χ0) is 13.0. The van der Waals surface area contributed by atoms with Crippen LogP contribution in [0.25, 0.3) is 0 Å². The van der Waals surface area contributed by atoms with E-state index >= 15 is 0 Å². The largest absolute Gasteiger partial charge is 0.465 e. The minimum atomic E-state index is -0.349. The van der Waals surface area contributed by atoms with Gasteiger partial charge in [0.1, 0.15) is 0 Å². The highest BCUT2D eigenvalue weighted by Crippen LogP contribution is 2.18. The van der Waals surface area contributed by atoms with Crippen molar-refractivity contribution in [2.75, 3.05) is 13.7 Å². The first kappa shape index (κ1) is 12.6. The number of hydrogen-bond acceptors (Lipinski definition) is 5. The smallest absolute Gasteiger partial charge is 0.337 e. The lowest BCUT2D eigenvalue weighted by Crippen LogP contribution is -2.12. The first-order valence-corrected chi connectivity index (χ1v) is 5.77. The van der Waals surface area contributed by atoms with Crippen molar-refractivity contribution in [2.45, 2.75) is 19.6 Å². The monoisotopic (exact) mass is 249 g/mol. The molecule has 18 heavy (non-hydrogen) atoms. The maximum atomic E-state index is 11.3. The van der Waals surface area contributed by atoms with Crippen LogP contribution in [0.1, 0.15) is 29.3 Å². The van der Waals surface area contributed by atoms with Gasteiger partial charge in [-0.1, -0.05) is 17.3 Å². The normalized spacial score (nSPS) is 18.1. The molecule has 0 radical (unpaired) electrons. The number of methoxy groups -OCH3 is 1. The van der Waals surface area contributed by atoms with Crippen LogP contribution in [-0.2, 0) is 14.3 Å². The molecule has 2 rings (SSSR count). The number of ether oxygens (including phenoxy) is 2. The van der Waals surface area contributed by atoms with Gasteiger partial charge < -0.3 is 14.3 Å². The van der Waals surface area contributed by atoms with Gasteiger partial charge in [-0.25, -0.2) is 4.79 Å². The Morgan fingerprint density at radius 1 is 1.44 bits per heavy atom. The van der Waals surface area contributed by atoms with Crippen molar-refractivity contribution in [3.8, 4) is 0 Å². The van der Waals surface area contributed by atoms with Crippen LogP contribution in [0.3, 0.4) is 0 Å². The van der Waals surface area contributed by atoms with Gasteiger partial charge in [-0.15, -0.1) is 0 Å². The van der Waals surface area contributed by atoms with Gasteiger partial charge in [0.25, 0.3) is 0 Å². The summed E-state index contributed by atoms with van der Waals surface area (Å²) in [5.41, 5.74) is 2.26. The summed E-state index contributed by atoms with van der Waals surface area (Å²) >= 11 is 0. The number of hydrogen-bond donors (Lipinski definition) is 0. The fourth-order valence-electron chi connectivity index (χ4n) is 1.72. The first-order valence-electron chi connectivity index (χ1n) is 5.77. The molecule has 0 amide bonds. The summed E-state index contributed by atoms with van der Waals surface area (Å²) in [5, 5.41) is 3.98. The Morgan fingerprint density at radius 2 is 2.17 bits per heavy atom. The second-order valence-electron chi connectivity index (χ2n) is 3.80. The Labute approximate surface area is 105 Å². The van der Waals surface area contributed by atoms with Crippen LogP contribution in [0.5, 0.6) is 0 Å². The third-order valence-electron chi connectivity index (χ3n) is 2.63. The van der Waals surface area contributed by atoms with Crippen LogP contribution < -0.4 is 0 Å². The fourth-order valence-corrected chi connectivity index (χ4v) is 1.72. The van der Waals surface area contributed by atoms with Crippen LogP contribution in [0.2, 0.25) is 0 Å². The number of carbonyl (C=O) groups excluding carboxylic acids is 1. The zero-order valence-corrected chi connectivity index (χ0v) is 10.4. The van der Waals surface area contributed by atoms with Gasteiger partial charge in [-0.2, -0.15) is 0 Å². The Hall–Kier alpha value is -1.88. The van der Waals surface area contributed by atoms with Crippen molar-refractivity contribution in [1.29, 1.82) is 0 Å². The fraction of sp³-hybridized carbons (Fsp3) is 0.385. The third kappa shape index (κ3) is 2.68. The SMILES string of the molecule is CCOC1CC(c2ccc(C(=O)OC)cc2)=NO1. The van der Waals surface area contributed by atoms with Crippen molar-refractivity contribution in [3.63, 3.8) is 0 Å². The number of carbonyl (C=O) groups is 1. The van der Waals surface area contributed by atoms with E-state index in [0.717, 1.165) is 11.3 Å². The van der Waals surface area contributed by atoms with Gasteiger partial charge >= 0.3 is 5.97 Å². The molecule has 5 nitrogen and oxygen atoms in total. The van der Waals surface area contributed by atoms with Crippen LogP contribution >= 0.6 is 0 Å². The molecular weight excluding hydrogens is 234 g/mol. The summed E-state index contributed by atoms with van der Waals surface area (Å²) in [6.07, 6.45) is 0.316. The minimum absolute atomic E-state index is 0.301. The summed E-state index contributed by atoms with van der Waals surface area (Å²) in [4.78, 5) is 16.4. The Bertz CT molecular complexity index is 453. The van der Waals surface area contributed by atoms with Gasteiger partial charge in [-0.3, -0.25) is 0 Å². The predicted octanol–water partition coefficient (Wildman–Crippen LogP) is 1.96. The number of oxime groups is 1. The summed E-state index contributed by atoms with van der Waals surface area (Å²) in [7, 11) is 1.36. The Balaban J connectivity index is 2.05. The molecule has 1 aromatic rings. The van der Waals surface area contributed by atoms with Crippen molar-refractivity contribution < 1.29 is 19.1 Å². The van der Waals surface area contributed by atoms with Gasteiger partial charge in [0.05, 0.1) is 24.8 Å². The summed E-state index contributed by atoms with van der Waals surface area (Å²) < 4.78 is 9.96. The maximum Gasteiger partial charge on any atom is 0.337 e. The third-order valence-corrected chi connectivity index (χ3v) is 2.63. The number of benzene rings is 1. The molecule has 0 fully saturated rings. The predicted molar refractivity (Wildman–Crippen MR) is 65.4 cm³/mol. The highest BCUT2D eigenvalue weighted by Gasteiger charge is 2.22. The zero-order valence-electron chi connectivity index (χ0n) is 10.4. The molecule has 0 aromatic heterocycles. The van der Waals surface area contributed by atoms with Crippen molar-refractivity contribution in [2.24, 2.45) is 5.16 Å². The lowest BCUT2D eigenvalue weighted by Gasteiger charge is -2.06. The summed E-state index contributed by atoms with van der Waals surface area (Å²) in [5.74, 6) is -0.349. The molecule has 1 atom stereocenters. The van der Waals surface area contributed by atoms with E-state index in [4.69, 9.17) is 9.57 Å². The Morgan fingerprint density at radius 3 is 2.78 bits per heavy atom. The van der Waals surface area contributed by atoms with E-state index in [0.29, 0.717) is 18.6 Å². The molecule has 1 aliphatic rings. The van der Waals surface area contributed by atoms with E-state index in [2.05, 4.69) is 9.89 Å². The number of esters is 1. The lowest BCUT2D eigenvalue weighted by molar-refractivity contribution is -0.120. The van der Waals surface area contributed by atoms with E-state index in [-0.39, 0.29) is 12.3 Å². The minimum Gasteiger partial charge on any atom is -0.465 e. The molecule has 0 aliphatic carbocycles. The second-order valence-corrected chi connectivity index (χ2v) is 3.80. The molecule has 0 saturated heterocycles. The second kappa shape index (κ2) is 5.64. The lowest BCUT2D eigenvalue weighted by atomic mass is 10.1. The first-order chi connectivity index (χ1) is 8.74.